The Bertz CT molecular complexity index is 1760. The molecule has 0 heterocycles. The van der Waals surface area contributed by atoms with Gasteiger partial charge < -0.3 is 10.6 Å². The summed E-state index contributed by atoms with van der Waals surface area (Å²) in [6.07, 6.45) is 1.82. The zero-order chi connectivity index (χ0) is 30.9. The van der Waals surface area contributed by atoms with Crippen LogP contribution >= 0.6 is 0 Å². The van der Waals surface area contributed by atoms with Crippen molar-refractivity contribution in [1.82, 2.24) is 9.62 Å². The van der Waals surface area contributed by atoms with E-state index in [1.165, 1.54) is 0 Å². The van der Waals surface area contributed by atoms with Crippen molar-refractivity contribution < 1.29 is 13.8 Å². The van der Waals surface area contributed by atoms with Gasteiger partial charge in [-0.2, -0.15) is 0 Å². The van der Waals surface area contributed by atoms with Crippen molar-refractivity contribution in [3.05, 3.63) is 132 Å². The highest BCUT2D eigenvalue weighted by Crippen LogP contribution is 2.26. The summed E-state index contributed by atoms with van der Waals surface area (Å²) in [6, 6.07) is 36.4. The molecule has 5 aromatic rings. The minimum Gasteiger partial charge on any atom is -0.348 e. The van der Waals surface area contributed by atoms with E-state index >= 15 is 0 Å². The van der Waals surface area contributed by atoms with E-state index in [-0.39, 0.29) is 11.8 Å². The van der Waals surface area contributed by atoms with Crippen LogP contribution in [0.4, 0.5) is 5.69 Å². The van der Waals surface area contributed by atoms with Gasteiger partial charge in [0.25, 0.3) is 11.8 Å². The van der Waals surface area contributed by atoms with Gasteiger partial charge in [-0.3, -0.25) is 9.59 Å². The van der Waals surface area contributed by atoms with Crippen LogP contribution in [0.1, 0.15) is 53.0 Å². The summed E-state index contributed by atoms with van der Waals surface area (Å²) in [5, 5.41) is 7.80. The van der Waals surface area contributed by atoms with Gasteiger partial charge in [0.1, 0.15) is 11.0 Å². The molecular weight excluding hydrogens is 566 g/mol. The van der Waals surface area contributed by atoms with Crippen LogP contribution in [-0.4, -0.2) is 33.4 Å². The number of hydrogen-bond acceptors (Lipinski definition) is 3. The van der Waals surface area contributed by atoms with Crippen molar-refractivity contribution in [1.29, 1.82) is 0 Å². The molecular formula is C37H37N3O3S. The van der Waals surface area contributed by atoms with E-state index in [9.17, 15) is 13.8 Å². The normalized spacial score (nSPS) is 11.8. The van der Waals surface area contributed by atoms with Gasteiger partial charge in [0.2, 0.25) is 0 Å². The first-order valence-corrected chi connectivity index (χ1v) is 16.1. The van der Waals surface area contributed by atoms with Crippen molar-refractivity contribution in [3.8, 4) is 11.1 Å². The summed E-state index contributed by atoms with van der Waals surface area (Å²) in [7, 11) is -1.29. The predicted octanol–water partition coefficient (Wildman–Crippen LogP) is 7.83. The Morgan fingerprint density at radius 1 is 0.682 bits per heavy atom. The summed E-state index contributed by atoms with van der Waals surface area (Å²) < 4.78 is 15.0. The quantitative estimate of drug-likeness (QED) is 0.153. The molecule has 1 unspecified atom stereocenters. The maximum absolute atomic E-state index is 13.5. The Kier molecular flexibility index (Phi) is 10.3. The second-order valence-corrected chi connectivity index (χ2v) is 12.1. The van der Waals surface area contributed by atoms with Gasteiger partial charge in [0.15, 0.2) is 0 Å². The summed E-state index contributed by atoms with van der Waals surface area (Å²) in [5.74, 6) is -0.630. The fraction of sp³-hybridized carbons (Fsp3) is 0.189. The van der Waals surface area contributed by atoms with Crippen LogP contribution in [0.5, 0.6) is 0 Å². The van der Waals surface area contributed by atoms with Crippen LogP contribution in [0.25, 0.3) is 21.9 Å². The van der Waals surface area contributed by atoms with Gasteiger partial charge in [-0.05, 0) is 82.8 Å². The number of anilines is 1. The number of nitrogens with one attached hydrogen (secondary N) is 2. The monoisotopic (exact) mass is 603 g/mol. The van der Waals surface area contributed by atoms with E-state index in [1.807, 2.05) is 77.1 Å². The highest BCUT2D eigenvalue weighted by atomic mass is 32.2. The molecule has 0 saturated heterocycles. The summed E-state index contributed by atoms with van der Waals surface area (Å²) in [6.45, 7) is 5.96. The van der Waals surface area contributed by atoms with Crippen LogP contribution in [0.2, 0.25) is 0 Å². The van der Waals surface area contributed by atoms with Gasteiger partial charge in [-0.15, -0.1) is 0 Å². The molecule has 0 bridgehead atoms. The second-order valence-electron chi connectivity index (χ2n) is 10.7. The van der Waals surface area contributed by atoms with Crippen molar-refractivity contribution in [2.45, 2.75) is 38.1 Å². The molecule has 0 aliphatic rings. The predicted molar refractivity (Wildman–Crippen MR) is 180 cm³/mol. The smallest absolute Gasteiger partial charge is 0.255 e. The van der Waals surface area contributed by atoms with E-state index in [0.717, 1.165) is 53.4 Å². The minimum atomic E-state index is -1.29. The number of carbonyl (C=O) groups is 2. The molecule has 2 N–H and O–H groups in total. The summed E-state index contributed by atoms with van der Waals surface area (Å²) in [5.41, 5.74) is 4.38. The molecule has 0 saturated carbocycles. The Morgan fingerprint density at radius 2 is 1.32 bits per heavy atom. The molecule has 0 aromatic heterocycles. The van der Waals surface area contributed by atoms with Crippen LogP contribution < -0.4 is 10.6 Å². The second kappa shape index (κ2) is 14.7. The molecule has 2 amide bonds. The zero-order valence-electron chi connectivity index (χ0n) is 25.1. The number of nitrogens with zero attached hydrogens (tertiary/aromatic N) is 1. The standard InChI is InChI=1S/C37H37N3O3S/c1-3-21-40(22-4-2)44(43)33-19-17-29(18-20-33)36(41)39-35-25-32-15-9-8-14-31(32)24-34(35)37(42)38-26-27-11-10-16-30(23-27)28-12-6-5-7-13-28/h5-20,23-25H,3-4,21-22,26H2,1-2H3,(H,38,42)(H,39,41). The van der Waals surface area contributed by atoms with Crippen molar-refractivity contribution in [3.63, 3.8) is 0 Å². The van der Waals surface area contributed by atoms with E-state index in [4.69, 9.17) is 0 Å². The average molecular weight is 604 g/mol. The third kappa shape index (κ3) is 7.48. The third-order valence-electron chi connectivity index (χ3n) is 7.36. The van der Waals surface area contributed by atoms with Crippen LogP contribution in [-0.2, 0) is 17.5 Å². The fourth-order valence-electron chi connectivity index (χ4n) is 5.14. The topological polar surface area (TPSA) is 78.5 Å². The van der Waals surface area contributed by atoms with Gasteiger partial charge in [0, 0.05) is 25.2 Å². The van der Waals surface area contributed by atoms with Gasteiger partial charge in [0.05, 0.1) is 16.1 Å². The lowest BCUT2D eigenvalue weighted by molar-refractivity contribution is 0.0952. The molecule has 224 valence electrons. The summed E-state index contributed by atoms with van der Waals surface area (Å²) in [4.78, 5) is 27.6. The number of benzene rings is 5. The fourth-order valence-corrected chi connectivity index (χ4v) is 6.51. The molecule has 5 rings (SSSR count). The van der Waals surface area contributed by atoms with Crippen LogP contribution in [0, 0.1) is 0 Å². The molecule has 6 nitrogen and oxygen atoms in total. The van der Waals surface area contributed by atoms with Gasteiger partial charge in [-0.25, -0.2) is 8.51 Å². The number of amides is 2. The lowest BCUT2D eigenvalue weighted by atomic mass is 10.0. The number of fused-ring (bicyclic) bond motifs is 1. The molecule has 0 spiro atoms. The Balaban J connectivity index is 1.34. The van der Waals surface area contributed by atoms with Crippen molar-refractivity contribution in [2.75, 3.05) is 18.4 Å². The number of hydrogen-bond donors (Lipinski definition) is 2. The Labute approximate surface area is 261 Å². The Hall–Kier alpha value is -4.59. The summed E-state index contributed by atoms with van der Waals surface area (Å²) >= 11 is 0. The first-order valence-electron chi connectivity index (χ1n) is 15.0. The maximum Gasteiger partial charge on any atom is 0.255 e. The lowest BCUT2D eigenvalue weighted by Crippen LogP contribution is -2.27. The largest absolute Gasteiger partial charge is 0.348 e. The van der Waals surface area contributed by atoms with E-state index < -0.39 is 11.0 Å². The SMILES string of the molecule is CCCN(CCC)S(=O)c1ccc(C(=O)Nc2cc3ccccc3cc2C(=O)NCc2cccc(-c3ccccc3)c2)cc1. The highest BCUT2D eigenvalue weighted by molar-refractivity contribution is 7.82. The van der Waals surface area contributed by atoms with Gasteiger partial charge >= 0.3 is 0 Å². The van der Waals surface area contributed by atoms with E-state index in [2.05, 4.69) is 42.7 Å². The van der Waals surface area contributed by atoms with Crippen molar-refractivity contribution >= 4 is 39.3 Å². The third-order valence-corrected chi connectivity index (χ3v) is 8.87. The highest BCUT2D eigenvalue weighted by Gasteiger charge is 2.18. The van der Waals surface area contributed by atoms with E-state index in [1.54, 1.807) is 24.3 Å². The van der Waals surface area contributed by atoms with Crippen LogP contribution in [0.15, 0.2) is 120 Å². The molecule has 0 aliphatic carbocycles. The number of carbonyl (C=O) groups excluding carboxylic acids is 2. The first kappa shape index (κ1) is 30.9. The van der Waals surface area contributed by atoms with Crippen molar-refractivity contribution in [2.24, 2.45) is 0 Å². The van der Waals surface area contributed by atoms with Crippen LogP contribution in [0.3, 0.4) is 0 Å². The molecule has 5 aromatic carbocycles. The maximum atomic E-state index is 13.5. The van der Waals surface area contributed by atoms with Gasteiger partial charge in [-0.1, -0.05) is 86.6 Å². The average Bonchev–Trinajstić information content (AvgIpc) is 3.07. The Morgan fingerprint density at radius 3 is 2.00 bits per heavy atom. The lowest BCUT2D eigenvalue weighted by Gasteiger charge is -2.19. The zero-order valence-corrected chi connectivity index (χ0v) is 25.9. The molecule has 7 heteroatoms. The number of rotatable bonds is 12. The molecule has 44 heavy (non-hydrogen) atoms. The minimum absolute atomic E-state index is 0.283. The molecule has 0 fully saturated rings. The first-order chi connectivity index (χ1) is 21.5. The molecule has 1 atom stereocenters. The van der Waals surface area contributed by atoms with E-state index in [0.29, 0.717) is 28.3 Å². The molecule has 0 radical (unpaired) electrons. The molecule has 0 aliphatic heterocycles.